The van der Waals surface area contributed by atoms with Crippen LogP contribution in [0, 0.1) is 12.3 Å². The first-order valence-electron chi connectivity index (χ1n) is 10.0. The maximum atomic E-state index is 12.5. The second-order valence-corrected chi connectivity index (χ2v) is 8.19. The molecule has 4 rings (SSSR count). The predicted molar refractivity (Wildman–Crippen MR) is 121 cm³/mol. The second-order valence-electron chi connectivity index (χ2n) is 7.28. The third-order valence-electron chi connectivity index (χ3n) is 5.18. The fraction of sp³-hybridized carbons (Fsp3) is 0.240. The minimum atomic E-state index is -0.572. The van der Waals surface area contributed by atoms with Crippen LogP contribution in [0.3, 0.4) is 0 Å². The maximum absolute atomic E-state index is 12.5. The zero-order chi connectivity index (χ0) is 21.6. The number of rotatable bonds is 7. The molecule has 0 saturated carbocycles. The molecule has 158 valence electrons. The second kappa shape index (κ2) is 9.80. The lowest BCUT2D eigenvalue weighted by atomic mass is 9.92. The molecule has 31 heavy (non-hydrogen) atoms. The molecule has 0 radical (unpaired) electrons. The lowest BCUT2D eigenvalue weighted by Crippen LogP contribution is -2.33. The third-order valence-corrected chi connectivity index (χ3v) is 6.17. The number of nitrogens with one attached hydrogen (secondary N) is 1. The largest absolute Gasteiger partial charge is 0.459 e. The van der Waals surface area contributed by atoms with Crippen LogP contribution in [0.1, 0.15) is 29.0 Å². The van der Waals surface area contributed by atoms with Gasteiger partial charge in [-0.25, -0.2) is 0 Å². The number of carbonyl (C=O) groups is 1. The van der Waals surface area contributed by atoms with Gasteiger partial charge in [0, 0.05) is 17.0 Å². The molecule has 1 aliphatic heterocycles. The molecule has 2 atom stereocenters. The van der Waals surface area contributed by atoms with Gasteiger partial charge in [0.2, 0.25) is 6.29 Å². The monoisotopic (exact) mass is 433 g/mol. The highest BCUT2D eigenvalue weighted by Gasteiger charge is 2.30. The first-order chi connectivity index (χ1) is 15.2. The van der Waals surface area contributed by atoms with Crippen LogP contribution in [0.5, 0.6) is 0 Å². The Hall–Kier alpha value is -3.11. The van der Waals surface area contributed by atoms with Gasteiger partial charge in [0.25, 0.3) is 5.91 Å². The summed E-state index contributed by atoms with van der Waals surface area (Å²) in [6, 6.07) is 15.8. The Morgan fingerprint density at radius 2 is 2.00 bits per heavy atom. The average molecular weight is 434 g/mol. The lowest BCUT2D eigenvalue weighted by Gasteiger charge is -2.29. The first-order valence-corrected chi connectivity index (χ1v) is 10.9. The topological polar surface area (TPSA) is 67.8 Å². The minimum Gasteiger partial charge on any atom is -0.459 e. The average Bonchev–Trinajstić information content (AvgIpc) is 3.25. The number of ether oxygens (including phenoxy) is 2. The van der Waals surface area contributed by atoms with Crippen molar-refractivity contribution >= 4 is 27.3 Å². The van der Waals surface area contributed by atoms with E-state index in [-0.39, 0.29) is 30.7 Å². The fourth-order valence-corrected chi connectivity index (χ4v) is 4.59. The van der Waals surface area contributed by atoms with E-state index in [4.69, 9.17) is 15.9 Å². The van der Waals surface area contributed by atoms with Gasteiger partial charge in [0.15, 0.2) is 5.76 Å². The number of allylic oxidation sites excluding steroid dienone is 1. The van der Waals surface area contributed by atoms with Gasteiger partial charge in [-0.05, 0) is 39.6 Å². The Balaban J connectivity index is 1.55. The molecule has 1 aromatic heterocycles. The van der Waals surface area contributed by atoms with E-state index in [1.807, 2.05) is 42.5 Å². The predicted octanol–water partition coefficient (Wildman–Crippen LogP) is 4.07. The number of hydrogen-bond acceptors (Lipinski definition) is 5. The summed E-state index contributed by atoms with van der Waals surface area (Å²) in [5, 5.41) is 15.2. The smallest absolute Gasteiger partial charge is 0.286 e. The molecule has 0 bridgehead atoms. The van der Waals surface area contributed by atoms with E-state index in [1.54, 1.807) is 11.3 Å². The Morgan fingerprint density at radius 3 is 2.77 bits per heavy atom. The number of aliphatic hydroxyl groups is 1. The standard InChI is InChI=1S/C25H23NO4S/c1-2-11-26-25(28)22-12-19(21-16-31-23-6-4-3-5-20(21)23)13-24(30-22)29-15-18-9-7-17(14-27)8-10-18/h1,3-10,12,16,19,24,27H,11,13-15H2,(H,26,28). The van der Waals surface area contributed by atoms with Crippen LogP contribution in [0.25, 0.3) is 10.1 Å². The van der Waals surface area contributed by atoms with Gasteiger partial charge in [-0.2, -0.15) is 0 Å². The van der Waals surface area contributed by atoms with Crippen molar-refractivity contribution < 1.29 is 19.4 Å². The van der Waals surface area contributed by atoms with E-state index in [9.17, 15) is 9.90 Å². The van der Waals surface area contributed by atoms with E-state index in [0.29, 0.717) is 13.0 Å². The highest BCUT2D eigenvalue weighted by molar-refractivity contribution is 7.17. The zero-order valence-electron chi connectivity index (χ0n) is 16.9. The summed E-state index contributed by atoms with van der Waals surface area (Å²) < 4.78 is 13.1. The number of aliphatic hydroxyl groups excluding tert-OH is 1. The van der Waals surface area contributed by atoms with E-state index >= 15 is 0 Å². The zero-order valence-corrected chi connectivity index (χ0v) is 17.7. The summed E-state index contributed by atoms with van der Waals surface area (Å²) in [7, 11) is 0. The number of carbonyl (C=O) groups excluding carboxylic acids is 1. The Labute approximate surface area is 185 Å². The number of benzene rings is 2. The van der Waals surface area contributed by atoms with Crippen LogP contribution < -0.4 is 5.32 Å². The summed E-state index contributed by atoms with van der Waals surface area (Å²) in [4.78, 5) is 12.5. The van der Waals surface area contributed by atoms with Crippen LogP contribution in [0.2, 0.25) is 0 Å². The van der Waals surface area contributed by atoms with Crippen molar-refractivity contribution in [2.45, 2.75) is 31.8 Å². The van der Waals surface area contributed by atoms with Gasteiger partial charge in [-0.3, -0.25) is 4.79 Å². The highest BCUT2D eigenvalue weighted by atomic mass is 32.1. The van der Waals surface area contributed by atoms with E-state index in [1.165, 1.54) is 10.1 Å². The van der Waals surface area contributed by atoms with Crippen LogP contribution in [-0.4, -0.2) is 23.8 Å². The van der Waals surface area contributed by atoms with Crippen LogP contribution in [0.15, 0.2) is 65.7 Å². The van der Waals surface area contributed by atoms with Crippen molar-refractivity contribution in [1.29, 1.82) is 0 Å². The number of terminal acetylenes is 1. The molecule has 2 heterocycles. The summed E-state index contributed by atoms with van der Waals surface area (Å²) in [6.07, 6.45) is 7.15. The third kappa shape index (κ3) is 4.97. The Morgan fingerprint density at radius 1 is 1.23 bits per heavy atom. The van der Waals surface area contributed by atoms with Gasteiger partial charge >= 0.3 is 0 Å². The molecular weight excluding hydrogens is 410 g/mol. The fourth-order valence-electron chi connectivity index (χ4n) is 3.57. The van der Waals surface area contributed by atoms with E-state index in [2.05, 4.69) is 28.8 Å². The maximum Gasteiger partial charge on any atom is 0.286 e. The SMILES string of the molecule is C#CCNC(=O)C1=CC(c2csc3ccccc23)CC(OCc2ccc(CO)cc2)O1. The van der Waals surface area contributed by atoms with Gasteiger partial charge in [0.1, 0.15) is 0 Å². The lowest BCUT2D eigenvalue weighted by molar-refractivity contribution is -0.150. The molecule has 1 amide bonds. The van der Waals surface area contributed by atoms with Crippen LogP contribution in [0.4, 0.5) is 0 Å². The number of amides is 1. The van der Waals surface area contributed by atoms with Crippen molar-refractivity contribution in [3.63, 3.8) is 0 Å². The van der Waals surface area contributed by atoms with E-state index < -0.39 is 6.29 Å². The summed E-state index contributed by atoms with van der Waals surface area (Å²) in [6.45, 7) is 0.477. The van der Waals surface area contributed by atoms with Gasteiger partial charge in [0.05, 0.1) is 19.8 Å². The van der Waals surface area contributed by atoms with Crippen LogP contribution in [-0.2, 0) is 27.5 Å². The molecule has 1 aliphatic rings. The van der Waals surface area contributed by atoms with Gasteiger partial charge in [-0.1, -0.05) is 48.4 Å². The number of hydrogen-bond donors (Lipinski definition) is 2. The molecule has 3 aromatic rings. The van der Waals surface area contributed by atoms with Crippen molar-refractivity contribution in [2.24, 2.45) is 0 Å². The molecule has 2 N–H and O–H groups in total. The molecule has 0 saturated heterocycles. The summed E-state index contributed by atoms with van der Waals surface area (Å²) in [5.41, 5.74) is 2.97. The number of fused-ring (bicyclic) bond motifs is 1. The number of thiophene rings is 1. The van der Waals surface area contributed by atoms with Crippen LogP contribution >= 0.6 is 11.3 Å². The molecular formula is C25H23NO4S. The molecule has 5 nitrogen and oxygen atoms in total. The van der Waals surface area contributed by atoms with Gasteiger partial charge < -0.3 is 19.9 Å². The quantitative estimate of drug-likeness (QED) is 0.551. The highest BCUT2D eigenvalue weighted by Crippen LogP contribution is 2.38. The van der Waals surface area contributed by atoms with Crippen molar-refractivity contribution in [1.82, 2.24) is 5.32 Å². The molecule has 0 fully saturated rings. The molecule has 0 aliphatic carbocycles. The minimum absolute atomic E-state index is 0.00404. The molecule has 2 aromatic carbocycles. The Kier molecular flexibility index (Phi) is 6.68. The van der Waals surface area contributed by atoms with Gasteiger partial charge in [-0.15, -0.1) is 17.8 Å². The van der Waals surface area contributed by atoms with Crippen molar-refractivity contribution in [3.05, 3.63) is 82.4 Å². The molecule has 2 unspecified atom stereocenters. The van der Waals surface area contributed by atoms with Crippen molar-refractivity contribution in [2.75, 3.05) is 6.54 Å². The van der Waals surface area contributed by atoms with E-state index in [0.717, 1.165) is 16.7 Å². The Bertz CT molecular complexity index is 1130. The molecule has 0 spiro atoms. The summed E-state index contributed by atoms with van der Waals surface area (Å²) in [5.74, 6) is 2.27. The molecule has 6 heteroatoms. The normalized spacial score (nSPS) is 18.1. The first kappa shape index (κ1) is 21.1. The summed E-state index contributed by atoms with van der Waals surface area (Å²) >= 11 is 1.69. The van der Waals surface area contributed by atoms with Crippen molar-refractivity contribution in [3.8, 4) is 12.3 Å².